The molecule has 0 N–H and O–H groups in total. The van der Waals surface area contributed by atoms with Crippen LogP contribution in [0.4, 0.5) is 0 Å². The van der Waals surface area contributed by atoms with Gasteiger partial charge in [0.15, 0.2) is 17.1 Å². The van der Waals surface area contributed by atoms with Crippen molar-refractivity contribution in [1.82, 2.24) is 9.47 Å². The molecule has 0 bridgehead atoms. The third kappa shape index (κ3) is 4.28. The highest BCUT2D eigenvalue weighted by molar-refractivity contribution is 7.84. The van der Waals surface area contributed by atoms with Gasteiger partial charge in [-0.15, -0.1) is 0 Å². The highest BCUT2D eigenvalue weighted by Gasteiger charge is 2.45. The van der Waals surface area contributed by atoms with Crippen molar-refractivity contribution < 1.29 is 23.2 Å². The Balaban J connectivity index is 1.39. The molecule has 1 amide bonds. The van der Waals surface area contributed by atoms with E-state index in [0.717, 1.165) is 22.2 Å². The number of nitrogens with zero attached hydrogens (tertiary/aromatic N) is 2. The second kappa shape index (κ2) is 9.00. The Bertz CT molecular complexity index is 1330. The lowest BCUT2D eigenvalue weighted by atomic mass is 9.86. The third-order valence-corrected chi connectivity index (χ3v) is 7.61. The van der Waals surface area contributed by atoms with Crippen LogP contribution in [0.15, 0.2) is 59.6 Å². The van der Waals surface area contributed by atoms with Crippen molar-refractivity contribution >= 4 is 16.7 Å². The maximum Gasteiger partial charge on any atom is 0.253 e. The minimum Gasteiger partial charge on any atom is -0.493 e. The first-order valence-corrected chi connectivity index (χ1v) is 13.7. The van der Waals surface area contributed by atoms with Crippen LogP contribution in [0.25, 0.3) is 5.69 Å². The van der Waals surface area contributed by atoms with E-state index >= 15 is 0 Å². The van der Waals surface area contributed by atoms with Crippen LogP contribution in [0, 0.1) is 0 Å². The Morgan fingerprint density at radius 2 is 1.75 bits per heavy atom. The maximum atomic E-state index is 13.4. The standard InChI is InChI=1S/C28H32N2O5S/c1-27(2,3)34-22-11-10-19(18-23(22)33-4)26(31)29-16-14-28(15-17-29)24-12-13-25(36(5)32)30(24)20-8-6-7-9-21(20)35-28/h6-13,18H,14-17H2,1-5H3. The predicted octanol–water partition coefficient (Wildman–Crippen LogP) is 4.92. The van der Waals surface area contributed by atoms with Crippen molar-refractivity contribution in [3.8, 4) is 22.9 Å². The lowest BCUT2D eigenvalue weighted by Crippen LogP contribution is -2.50. The summed E-state index contributed by atoms with van der Waals surface area (Å²) in [5.41, 5.74) is 1.50. The van der Waals surface area contributed by atoms with Gasteiger partial charge in [0.2, 0.25) is 0 Å². The van der Waals surface area contributed by atoms with Gasteiger partial charge in [0.1, 0.15) is 16.4 Å². The molecular weight excluding hydrogens is 476 g/mol. The normalized spacial score (nSPS) is 17.1. The summed E-state index contributed by atoms with van der Waals surface area (Å²) in [5.74, 6) is 1.87. The van der Waals surface area contributed by atoms with Crippen LogP contribution in [-0.4, -0.2) is 51.6 Å². The van der Waals surface area contributed by atoms with Gasteiger partial charge in [-0.05, 0) is 63.2 Å². The number of likely N-dealkylation sites (tertiary alicyclic amines) is 1. The molecule has 3 aromatic rings. The van der Waals surface area contributed by atoms with Crippen LogP contribution in [0.2, 0.25) is 0 Å². The van der Waals surface area contributed by atoms with Crippen LogP contribution in [0.5, 0.6) is 17.2 Å². The van der Waals surface area contributed by atoms with Gasteiger partial charge in [0.25, 0.3) is 5.91 Å². The highest BCUT2D eigenvalue weighted by Crippen LogP contribution is 2.46. The number of amides is 1. The van der Waals surface area contributed by atoms with Gasteiger partial charge < -0.3 is 19.1 Å². The molecule has 0 aliphatic carbocycles. The monoisotopic (exact) mass is 508 g/mol. The summed E-state index contributed by atoms with van der Waals surface area (Å²) in [6, 6.07) is 17.1. The third-order valence-electron chi connectivity index (χ3n) is 6.70. The topological polar surface area (TPSA) is 70.0 Å². The Kier molecular flexibility index (Phi) is 6.11. The van der Waals surface area contributed by atoms with Crippen molar-refractivity contribution in [1.29, 1.82) is 0 Å². The van der Waals surface area contributed by atoms with Crippen LogP contribution >= 0.6 is 0 Å². The summed E-state index contributed by atoms with van der Waals surface area (Å²) < 4.78 is 32.7. The molecular formula is C28H32N2O5S. The fraction of sp³-hybridized carbons (Fsp3) is 0.393. The Morgan fingerprint density at radius 3 is 2.42 bits per heavy atom. The van der Waals surface area contributed by atoms with Crippen LogP contribution in [0.3, 0.4) is 0 Å². The number of para-hydroxylation sites is 2. The zero-order valence-corrected chi connectivity index (χ0v) is 22.2. The zero-order valence-electron chi connectivity index (χ0n) is 21.4. The highest BCUT2D eigenvalue weighted by atomic mass is 32.2. The molecule has 5 rings (SSSR count). The molecule has 2 aliphatic heterocycles. The number of hydrogen-bond acceptors (Lipinski definition) is 5. The summed E-state index contributed by atoms with van der Waals surface area (Å²) in [6.07, 6.45) is 2.96. The Hall–Kier alpha value is -3.26. The minimum atomic E-state index is -1.15. The van der Waals surface area contributed by atoms with Crippen molar-refractivity contribution in [2.45, 2.75) is 49.8 Å². The number of rotatable bonds is 4. The van der Waals surface area contributed by atoms with Gasteiger partial charge in [0, 0.05) is 37.8 Å². The van der Waals surface area contributed by atoms with Gasteiger partial charge in [0.05, 0.1) is 29.3 Å². The molecule has 8 heteroatoms. The minimum absolute atomic E-state index is 0.0487. The van der Waals surface area contributed by atoms with Gasteiger partial charge in [-0.1, -0.05) is 12.1 Å². The van der Waals surface area contributed by atoms with E-state index in [1.54, 1.807) is 31.6 Å². The lowest BCUT2D eigenvalue weighted by Gasteiger charge is -2.45. The van der Waals surface area contributed by atoms with E-state index in [9.17, 15) is 9.00 Å². The number of aromatic nitrogens is 1. The molecule has 0 radical (unpaired) electrons. The van der Waals surface area contributed by atoms with Gasteiger partial charge in [-0.2, -0.15) is 0 Å². The number of carbonyl (C=O) groups is 1. The van der Waals surface area contributed by atoms with E-state index in [2.05, 4.69) is 4.57 Å². The average molecular weight is 509 g/mol. The summed E-state index contributed by atoms with van der Waals surface area (Å²) in [6.45, 7) is 6.99. The summed E-state index contributed by atoms with van der Waals surface area (Å²) >= 11 is 0. The number of piperidine rings is 1. The Labute approximate surface area is 214 Å². The second-order valence-electron chi connectivity index (χ2n) is 10.3. The number of hydrogen-bond donors (Lipinski definition) is 0. The predicted molar refractivity (Wildman–Crippen MR) is 139 cm³/mol. The van der Waals surface area contributed by atoms with E-state index < -0.39 is 16.4 Å². The number of fused-ring (bicyclic) bond motifs is 4. The summed E-state index contributed by atoms with van der Waals surface area (Å²) in [7, 11) is 0.432. The van der Waals surface area contributed by atoms with Crippen LogP contribution in [0.1, 0.15) is 49.7 Å². The zero-order chi connectivity index (χ0) is 25.7. The van der Waals surface area contributed by atoms with Crippen LogP contribution < -0.4 is 14.2 Å². The van der Waals surface area contributed by atoms with Crippen molar-refractivity contribution in [2.75, 3.05) is 26.5 Å². The van der Waals surface area contributed by atoms with Crippen molar-refractivity contribution in [3.05, 3.63) is 65.9 Å². The molecule has 2 aromatic carbocycles. The Morgan fingerprint density at radius 1 is 1.03 bits per heavy atom. The molecule has 190 valence electrons. The van der Waals surface area contributed by atoms with E-state index in [1.807, 2.05) is 62.1 Å². The number of ether oxygens (including phenoxy) is 3. The smallest absolute Gasteiger partial charge is 0.253 e. The average Bonchev–Trinajstić information content (AvgIpc) is 3.31. The van der Waals surface area contributed by atoms with Crippen molar-refractivity contribution in [2.24, 2.45) is 0 Å². The largest absolute Gasteiger partial charge is 0.493 e. The van der Waals surface area contributed by atoms with E-state index in [0.29, 0.717) is 43.0 Å². The van der Waals surface area contributed by atoms with E-state index in [-0.39, 0.29) is 11.5 Å². The van der Waals surface area contributed by atoms with E-state index in [1.165, 1.54) is 0 Å². The first kappa shape index (κ1) is 24.4. The first-order chi connectivity index (χ1) is 17.1. The fourth-order valence-corrected chi connectivity index (χ4v) is 5.78. The molecule has 0 saturated carbocycles. The quantitative estimate of drug-likeness (QED) is 0.500. The van der Waals surface area contributed by atoms with Gasteiger partial charge in [-0.3, -0.25) is 13.6 Å². The molecule has 2 aliphatic rings. The number of carbonyl (C=O) groups excluding carboxylic acids is 1. The van der Waals surface area contributed by atoms with E-state index in [4.69, 9.17) is 14.2 Å². The molecule has 36 heavy (non-hydrogen) atoms. The fourth-order valence-electron chi connectivity index (χ4n) is 5.06. The molecule has 7 nitrogen and oxygen atoms in total. The molecule has 3 heterocycles. The summed E-state index contributed by atoms with van der Waals surface area (Å²) in [4.78, 5) is 15.3. The lowest BCUT2D eigenvalue weighted by molar-refractivity contribution is -0.00994. The second-order valence-corrected chi connectivity index (χ2v) is 11.6. The van der Waals surface area contributed by atoms with Crippen LogP contribution in [-0.2, 0) is 16.4 Å². The number of methoxy groups -OCH3 is 1. The van der Waals surface area contributed by atoms with Crippen molar-refractivity contribution in [3.63, 3.8) is 0 Å². The molecule has 1 saturated heterocycles. The maximum absolute atomic E-state index is 13.4. The SMILES string of the molecule is COc1cc(C(=O)N2CCC3(CC2)Oc2ccccc2-n2c(S(C)=O)ccc23)ccc1OC(C)(C)C. The van der Waals surface area contributed by atoms with Gasteiger partial charge in [-0.25, -0.2) is 0 Å². The first-order valence-electron chi connectivity index (χ1n) is 12.1. The van der Waals surface area contributed by atoms with Gasteiger partial charge >= 0.3 is 0 Å². The molecule has 1 aromatic heterocycles. The summed E-state index contributed by atoms with van der Waals surface area (Å²) in [5, 5.41) is 0.753. The molecule has 1 atom stereocenters. The molecule has 1 unspecified atom stereocenters. The number of benzene rings is 2. The molecule has 1 fully saturated rings. The molecule has 1 spiro atoms.